The van der Waals surface area contributed by atoms with Gasteiger partial charge in [-0.3, -0.25) is 0 Å². The molecule has 1 aliphatic rings. The highest BCUT2D eigenvalue weighted by Gasteiger charge is 2.13. The molecule has 0 aromatic heterocycles. The second-order valence-electron chi connectivity index (χ2n) is 4.17. The van der Waals surface area contributed by atoms with Crippen LogP contribution in [-0.4, -0.2) is 0 Å². The highest BCUT2D eigenvalue weighted by molar-refractivity contribution is 5.23. The van der Waals surface area contributed by atoms with Crippen molar-refractivity contribution in [2.75, 3.05) is 0 Å². The van der Waals surface area contributed by atoms with E-state index in [-0.39, 0.29) is 0 Å². The van der Waals surface area contributed by atoms with Crippen LogP contribution >= 0.6 is 0 Å². The minimum atomic E-state index is 0.797. The molecule has 1 aliphatic carbocycles. The van der Waals surface area contributed by atoms with Crippen LogP contribution in [0.1, 0.15) is 46.5 Å². The van der Waals surface area contributed by atoms with E-state index >= 15 is 0 Å². The van der Waals surface area contributed by atoms with Crippen LogP contribution in [0.2, 0.25) is 0 Å². The summed E-state index contributed by atoms with van der Waals surface area (Å²) < 4.78 is 0. The van der Waals surface area contributed by atoms with E-state index in [1.165, 1.54) is 25.7 Å². The van der Waals surface area contributed by atoms with Crippen molar-refractivity contribution in [2.24, 2.45) is 11.8 Å². The maximum Gasteiger partial charge on any atom is -0.0170 e. The lowest BCUT2D eigenvalue weighted by Gasteiger charge is -2.21. The van der Waals surface area contributed by atoms with Crippen LogP contribution in [0.15, 0.2) is 23.8 Å². The number of allylic oxidation sites excluding steroid dienone is 4. The summed E-state index contributed by atoms with van der Waals surface area (Å²) in [6.07, 6.45) is 12.3. The summed E-state index contributed by atoms with van der Waals surface area (Å²) in [5.41, 5.74) is 1.54. The van der Waals surface area contributed by atoms with Crippen LogP contribution < -0.4 is 0 Å². The lowest BCUT2D eigenvalue weighted by atomic mass is 9.84. The van der Waals surface area contributed by atoms with Crippen molar-refractivity contribution >= 4 is 0 Å². The Morgan fingerprint density at radius 1 is 1.46 bits per heavy atom. The third-order valence-electron chi connectivity index (χ3n) is 3.12. The number of hydrogen-bond acceptors (Lipinski definition) is 0. The zero-order chi connectivity index (χ0) is 9.68. The van der Waals surface area contributed by atoms with E-state index in [0.717, 1.165) is 11.8 Å². The summed E-state index contributed by atoms with van der Waals surface area (Å²) in [4.78, 5) is 0. The average molecular weight is 178 g/mol. The van der Waals surface area contributed by atoms with Crippen molar-refractivity contribution in [3.05, 3.63) is 23.8 Å². The Hall–Kier alpha value is -0.520. The Morgan fingerprint density at radius 3 is 2.69 bits per heavy atom. The normalized spacial score (nSPS) is 24.2. The first kappa shape index (κ1) is 10.6. The van der Waals surface area contributed by atoms with Gasteiger partial charge in [0.15, 0.2) is 0 Å². The molecule has 0 saturated carbocycles. The van der Waals surface area contributed by atoms with E-state index < -0.39 is 0 Å². The van der Waals surface area contributed by atoms with E-state index in [1.807, 2.05) is 0 Å². The van der Waals surface area contributed by atoms with Gasteiger partial charge in [-0.25, -0.2) is 0 Å². The van der Waals surface area contributed by atoms with Gasteiger partial charge in [-0.1, -0.05) is 57.4 Å². The number of hydrogen-bond donors (Lipinski definition) is 0. The molecule has 2 unspecified atom stereocenters. The molecule has 0 fully saturated rings. The minimum absolute atomic E-state index is 0.797. The van der Waals surface area contributed by atoms with Gasteiger partial charge in [0.25, 0.3) is 0 Å². The molecule has 0 aromatic rings. The standard InChI is InChI=1S/C13H22/c1-4-6-12-7-9-13(10-8-12)11(3)5-2/h7-9,11,13H,4-6,10H2,1-3H3. The highest BCUT2D eigenvalue weighted by atomic mass is 14.2. The molecule has 0 heterocycles. The third-order valence-corrected chi connectivity index (χ3v) is 3.12. The molecule has 0 aliphatic heterocycles. The first-order chi connectivity index (χ1) is 6.27. The molecular weight excluding hydrogens is 156 g/mol. The molecule has 2 atom stereocenters. The lowest BCUT2D eigenvalue weighted by Crippen LogP contribution is -2.09. The molecular formula is C13H22. The topological polar surface area (TPSA) is 0 Å². The molecule has 74 valence electrons. The fourth-order valence-corrected chi connectivity index (χ4v) is 1.88. The summed E-state index contributed by atoms with van der Waals surface area (Å²) in [6.45, 7) is 6.88. The van der Waals surface area contributed by atoms with Crippen LogP contribution in [0.4, 0.5) is 0 Å². The lowest BCUT2D eigenvalue weighted by molar-refractivity contribution is 0.416. The molecule has 0 bridgehead atoms. The van der Waals surface area contributed by atoms with Gasteiger partial charge in [0.1, 0.15) is 0 Å². The van der Waals surface area contributed by atoms with Crippen LogP contribution in [0.5, 0.6) is 0 Å². The van der Waals surface area contributed by atoms with Crippen molar-refractivity contribution in [2.45, 2.75) is 46.5 Å². The Labute approximate surface area is 82.7 Å². The Morgan fingerprint density at radius 2 is 2.23 bits per heavy atom. The van der Waals surface area contributed by atoms with Gasteiger partial charge in [-0.05, 0) is 24.7 Å². The average Bonchev–Trinajstić information content (AvgIpc) is 2.18. The summed E-state index contributed by atoms with van der Waals surface area (Å²) in [5, 5.41) is 0. The Balaban J connectivity index is 2.43. The molecule has 1 rings (SSSR count). The van der Waals surface area contributed by atoms with Gasteiger partial charge in [0, 0.05) is 0 Å². The van der Waals surface area contributed by atoms with Crippen LogP contribution in [0.25, 0.3) is 0 Å². The second kappa shape index (κ2) is 5.26. The molecule has 0 nitrogen and oxygen atoms in total. The zero-order valence-electron chi connectivity index (χ0n) is 9.22. The summed E-state index contributed by atoms with van der Waals surface area (Å²) in [6, 6.07) is 0. The molecule has 0 N–H and O–H groups in total. The van der Waals surface area contributed by atoms with Crippen molar-refractivity contribution in [3.8, 4) is 0 Å². The molecule has 13 heavy (non-hydrogen) atoms. The first-order valence-electron chi connectivity index (χ1n) is 5.65. The predicted octanol–water partition coefficient (Wildman–Crippen LogP) is 4.34. The molecule has 0 saturated heterocycles. The van der Waals surface area contributed by atoms with Gasteiger partial charge in [-0.2, -0.15) is 0 Å². The summed E-state index contributed by atoms with van der Waals surface area (Å²) in [7, 11) is 0. The third kappa shape index (κ3) is 3.02. The van der Waals surface area contributed by atoms with Crippen molar-refractivity contribution < 1.29 is 0 Å². The minimum Gasteiger partial charge on any atom is -0.0807 e. The fraction of sp³-hybridized carbons (Fsp3) is 0.692. The maximum atomic E-state index is 2.43. The molecule has 0 radical (unpaired) electrons. The maximum absolute atomic E-state index is 2.43. The first-order valence-corrected chi connectivity index (χ1v) is 5.65. The Bertz CT molecular complexity index is 198. The fourth-order valence-electron chi connectivity index (χ4n) is 1.88. The smallest absolute Gasteiger partial charge is 0.0170 e. The molecule has 0 heteroatoms. The van der Waals surface area contributed by atoms with E-state index in [9.17, 15) is 0 Å². The molecule has 0 amide bonds. The molecule has 0 aromatic carbocycles. The monoisotopic (exact) mass is 178 g/mol. The van der Waals surface area contributed by atoms with Gasteiger partial charge in [-0.15, -0.1) is 0 Å². The van der Waals surface area contributed by atoms with Gasteiger partial charge >= 0.3 is 0 Å². The van der Waals surface area contributed by atoms with Crippen molar-refractivity contribution in [1.29, 1.82) is 0 Å². The van der Waals surface area contributed by atoms with E-state index in [0.29, 0.717) is 0 Å². The highest BCUT2D eigenvalue weighted by Crippen LogP contribution is 2.26. The Kier molecular flexibility index (Phi) is 4.27. The van der Waals surface area contributed by atoms with Gasteiger partial charge in [0.2, 0.25) is 0 Å². The largest absolute Gasteiger partial charge is 0.0807 e. The van der Waals surface area contributed by atoms with Crippen LogP contribution in [-0.2, 0) is 0 Å². The predicted molar refractivity (Wildman–Crippen MR) is 59.7 cm³/mol. The number of rotatable bonds is 4. The van der Waals surface area contributed by atoms with E-state index in [2.05, 4.69) is 39.0 Å². The second-order valence-corrected chi connectivity index (χ2v) is 4.17. The van der Waals surface area contributed by atoms with Gasteiger partial charge < -0.3 is 0 Å². The van der Waals surface area contributed by atoms with E-state index in [4.69, 9.17) is 0 Å². The SMILES string of the molecule is CCCC1=CCC(C(C)CC)C=C1. The molecule has 0 spiro atoms. The van der Waals surface area contributed by atoms with E-state index in [1.54, 1.807) is 5.57 Å². The zero-order valence-corrected chi connectivity index (χ0v) is 9.22. The van der Waals surface area contributed by atoms with Crippen molar-refractivity contribution in [3.63, 3.8) is 0 Å². The van der Waals surface area contributed by atoms with Crippen LogP contribution in [0, 0.1) is 11.8 Å². The van der Waals surface area contributed by atoms with Crippen LogP contribution in [0.3, 0.4) is 0 Å². The summed E-state index contributed by atoms with van der Waals surface area (Å²) in [5.74, 6) is 1.64. The van der Waals surface area contributed by atoms with Gasteiger partial charge in [0.05, 0.1) is 0 Å². The quantitative estimate of drug-likeness (QED) is 0.601. The summed E-state index contributed by atoms with van der Waals surface area (Å²) >= 11 is 0. The van der Waals surface area contributed by atoms with Crippen molar-refractivity contribution in [1.82, 2.24) is 0 Å².